The average Bonchev–Trinajstić information content (AvgIpc) is 2.74. The molecule has 154 valence electrons. The minimum atomic E-state index is -0.905. The lowest BCUT2D eigenvalue weighted by Gasteiger charge is -2.16. The Hall–Kier alpha value is -3.74. The van der Waals surface area contributed by atoms with Gasteiger partial charge in [-0.15, -0.1) is 0 Å². The molecule has 0 spiro atoms. The quantitative estimate of drug-likeness (QED) is 0.604. The summed E-state index contributed by atoms with van der Waals surface area (Å²) in [4.78, 5) is 24.9. The van der Waals surface area contributed by atoms with Gasteiger partial charge in [-0.05, 0) is 36.8 Å². The van der Waals surface area contributed by atoms with E-state index in [0.29, 0.717) is 11.8 Å². The van der Waals surface area contributed by atoms with Crippen molar-refractivity contribution >= 4 is 17.5 Å². The first-order valence-electron chi connectivity index (χ1n) is 9.26. The highest BCUT2D eigenvalue weighted by Gasteiger charge is 2.16. The van der Waals surface area contributed by atoms with Gasteiger partial charge in [0.1, 0.15) is 5.82 Å². The first-order valence-corrected chi connectivity index (χ1v) is 9.26. The second-order valence-corrected chi connectivity index (χ2v) is 6.56. The molecule has 30 heavy (non-hydrogen) atoms. The lowest BCUT2D eigenvalue weighted by atomic mass is 10.1. The normalized spacial score (nSPS) is 11.4. The third kappa shape index (κ3) is 5.41. The van der Waals surface area contributed by atoms with Crippen LogP contribution in [0.1, 0.15) is 28.9 Å². The number of nitrogens with one attached hydrogen (secondary N) is 2. The first-order chi connectivity index (χ1) is 14.4. The van der Waals surface area contributed by atoms with Gasteiger partial charge in [0, 0.05) is 6.07 Å². The van der Waals surface area contributed by atoms with Gasteiger partial charge >= 0.3 is 0 Å². The third-order valence-electron chi connectivity index (χ3n) is 4.35. The number of rotatable bonds is 7. The van der Waals surface area contributed by atoms with Crippen LogP contribution in [-0.4, -0.2) is 18.4 Å². The second-order valence-electron chi connectivity index (χ2n) is 6.56. The molecule has 0 saturated heterocycles. The van der Waals surface area contributed by atoms with E-state index in [2.05, 4.69) is 10.6 Å². The van der Waals surface area contributed by atoms with Crippen LogP contribution in [0.3, 0.4) is 0 Å². The van der Waals surface area contributed by atoms with Crippen molar-refractivity contribution in [2.45, 2.75) is 13.0 Å². The Bertz CT molecular complexity index is 1040. The van der Waals surface area contributed by atoms with E-state index in [4.69, 9.17) is 4.74 Å². The van der Waals surface area contributed by atoms with Crippen LogP contribution >= 0.6 is 0 Å². The molecule has 5 nitrogen and oxygen atoms in total. The summed E-state index contributed by atoms with van der Waals surface area (Å²) in [5.74, 6) is -2.83. The van der Waals surface area contributed by atoms with Gasteiger partial charge < -0.3 is 15.4 Å². The van der Waals surface area contributed by atoms with Crippen molar-refractivity contribution in [2.24, 2.45) is 0 Å². The second kappa shape index (κ2) is 9.65. The average molecular weight is 410 g/mol. The molecule has 0 radical (unpaired) electrons. The maximum Gasteiger partial charge on any atom is 0.262 e. The number of ether oxygens (including phenoxy) is 1. The van der Waals surface area contributed by atoms with Crippen LogP contribution < -0.4 is 15.4 Å². The predicted molar refractivity (Wildman–Crippen MR) is 109 cm³/mol. The SMILES string of the molecule is CC(NC(=O)c1ccccc1NC(=O)COc1ccc(F)cc1F)c1ccccc1. The zero-order chi connectivity index (χ0) is 21.5. The molecule has 0 aliphatic rings. The lowest BCUT2D eigenvalue weighted by Crippen LogP contribution is -2.28. The Morgan fingerprint density at radius 1 is 0.967 bits per heavy atom. The predicted octanol–water partition coefficient (Wildman–Crippen LogP) is 4.47. The van der Waals surface area contributed by atoms with Crippen LogP contribution in [0.4, 0.5) is 14.5 Å². The van der Waals surface area contributed by atoms with Crippen molar-refractivity contribution in [2.75, 3.05) is 11.9 Å². The number of carbonyl (C=O) groups excluding carboxylic acids is 2. The third-order valence-corrected chi connectivity index (χ3v) is 4.35. The summed E-state index contributed by atoms with van der Waals surface area (Å²) in [5, 5.41) is 5.47. The summed E-state index contributed by atoms with van der Waals surface area (Å²) in [7, 11) is 0. The lowest BCUT2D eigenvalue weighted by molar-refractivity contribution is -0.118. The van der Waals surface area contributed by atoms with Crippen LogP contribution in [0.15, 0.2) is 72.8 Å². The molecule has 2 N–H and O–H groups in total. The molecule has 0 fully saturated rings. The summed E-state index contributed by atoms with van der Waals surface area (Å²) < 4.78 is 31.6. The van der Waals surface area contributed by atoms with E-state index in [9.17, 15) is 18.4 Å². The summed E-state index contributed by atoms with van der Waals surface area (Å²) >= 11 is 0. The van der Waals surface area contributed by atoms with Crippen LogP contribution in [0.25, 0.3) is 0 Å². The smallest absolute Gasteiger partial charge is 0.262 e. The van der Waals surface area contributed by atoms with Gasteiger partial charge in [0.15, 0.2) is 18.2 Å². The van der Waals surface area contributed by atoms with Crippen molar-refractivity contribution < 1.29 is 23.1 Å². The molecule has 3 aromatic rings. The van der Waals surface area contributed by atoms with Gasteiger partial charge in [0.25, 0.3) is 11.8 Å². The van der Waals surface area contributed by atoms with Crippen molar-refractivity contribution in [1.82, 2.24) is 5.32 Å². The van der Waals surface area contributed by atoms with Gasteiger partial charge in [-0.25, -0.2) is 8.78 Å². The summed E-state index contributed by atoms with van der Waals surface area (Å²) in [5.41, 5.74) is 1.52. The number of hydrogen-bond donors (Lipinski definition) is 2. The van der Waals surface area contributed by atoms with E-state index < -0.39 is 24.1 Å². The summed E-state index contributed by atoms with van der Waals surface area (Å²) in [6.45, 7) is 1.36. The molecule has 1 unspecified atom stereocenters. The Balaban J connectivity index is 1.64. The summed E-state index contributed by atoms with van der Waals surface area (Å²) in [6.07, 6.45) is 0. The molecule has 3 rings (SSSR count). The first kappa shape index (κ1) is 21.0. The molecule has 2 amide bonds. The van der Waals surface area contributed by atoms with E-state index in [1.807, 2.05) is 37.3 Å². The minimum Gasteiger partial charge on any atom is -0.481 e. The Morgan fingerprint density at radius 2 is 1.67 bits per heavy atom. The maximum atomic E-state index is 13.6. The van der Waals surface area contributed by atoms with Crippen molar-refractivity contribution in [3.63, 3.8) is 0 Å². The van der Waals surface area contributed by atoms with Crippen LogP contribution in [0.2, 0.25) is 0 Å². The standard InChI is InChI=1S/C23H20F2N2O3/c1-15(16-7-3-2-4-8-16)26-23(29)18-9-5-6-10-20(18)27-22(28)14-30-21-12-11-17(24)13-19(21)25/h2-13,15H,14H2,1H3,(H,26,29)(H,27,28). The highest BCUT2D eigenvalue weighted by Crippen LogP contribution is 2.19. The van der Waals surface area contributed by atoms with E-state index in [0.717, 1.165) is 17.7 Å². The number of benzene rings is 3. The number of hydrogen-bond acceptors (Lipinski definition) is 3. The minimum absolute atomic E-state index is 0.229. The fourth-order valence-electron chi connectivity index (χ4n) is 2.81. The number of para-hydroxylation sites is 1. The Morgan fingerprint density at radius 3 is 2.40 bits per heavy atom. The van der Waals surface area contributed by atoms with Crippen LogP contribution in [0, 0.1) is 11.6 Å². The van der Waals surface area contributed by atoms with Crippen molar-refractivity contribution in [1.29, 1.82) is 0 Å². The molecule has 0 aromatic heterocycles. The van der Waals surface area contributed by atoms with Gasteiger partial charge in [0.05, 0.1) is 17.3 Å². The monoisotopic (exact) mass is 410 g/mol. The van der Waals surface area contributed by atoms with Crippen LogP contribution in [0.5, 0.6) is 5.75 Å². The number of carbonyl (C=O) groups is 2. The van der Waals surface area contributed by atoms with Crippen molar-refractivity contribution in [3.8, 4) is 5.75 Å². The molecule has 7 heteroatoms. The van der Waals surface area contributed by atoms with E-state index in [1.54, 1.807) is 24.3 Å². The molecule has 0 aliphatic carbocycles. The van der Waals surface area contributed by atoms with Gasteiger partial charge in [-0.1, -0.05) is 42.5 Å². The zero-order valence-corrected chi connectivity index (χ0v) is 16.2. The Kier molecular flexibility index (Phi) is 6.75. The van der Waals surface area contributed by atoms with Gasteiger partial charge in [-0.2, -0.15) is 0 Å². The number of amides is 2. The molecule has 0 bridgehead atoms. The molecular weight excluding hydrogens is 390 g/mol. The number of halogens is 2. The molecule has 3 aromatic carbocycles. The maximum absolute atomic E-state index is 13.6. The van der Waals surface area contributed by atoms with E-state index in [1.165, 1.54) is 0 Å². The molecule has 0 saturated carbocycles. The largest absolute Gasteiger partial charge is 0.481 e. The Labute approximate surface area is 172 Å². The highest BCUT2D eigenvalue weighted by molar-refractivity contribution is 6.04. The summed E-state index contributed by atoms with van der Waals surface area (Å²) in [6, 6.07) is 18.6. The fraction of sp³-hybridized carbons (Fsp3) is 0.130. The molecule has 0 heterocycles. The zero-order valence-electron chi connectivity index (χ0n) is 16.2. The van der Waals surface area contributed by atoms with Crippen LogP contribution in [-0.2, 0) is 4.79 Å². The molecule has 1 atom stereocenters. The van der Waals surface area contributed by atoms with Gasteiger partial charge in [0.2, 0.25) is 0 Å². The topological polar surface area (TPSA) is 67.4 Å². The van der Waals surface area contributed by atoms with Gasteiger partial charge in [-0.3, -0.25) is 9.59 Å². The van der Waals surface area contributed by atoms with Crippen molar-refractivity contribution in [3.05, 3.63) is 95.6 Å². The van der Waals surface area contributed by atoms with E-state index >= 15 is 0 Å². The highest BCUT2D eigenvalue weighted by atomic mass is 19.1. The molecular formula is C23H20F2N2O3. The molecule has 0 aliphatic heterocycles. The van der Waals surface area contributed by atoms with E-state index in [-0.39, 0.29) is 23.3 Å². The number of anilines is 1. The fourth-order valence-corrected chi connectivity index (χ4v) is 2.81.